The first-order chi connectivity index (χ1) is 8.33. The summed E-state index contributed by atoms with van der Waals surface area (Å²) in [5, 5.41) is 12.1. The Morgan fingerprint density at radius 2 is 2.24 bits per heavy atom. The van der Waals surface area contributed by atoms with E-state index in [1.54, 1.807) is 19.4 Å². The van der Waals surface area contributed by atoms with Crippen LogP contribution in [0.1, 0.15) is 31.4 Å². The Balaban J connectivity index is 2.01. The Morgan fingerprint density at radius 1 is 1.41 bits per heavy atom. The van der Waals surface area contributed by atoms with Crippen molar-refractivity contribution in [2.45, 2.75) is 37.8 Å². The second-order valence-corrected chi connectivity index (χ2v) is 4.35. The molecule has 1 N–H and O–H groups in total. The topological polar surface area (TPSA) is 57.9 Å². The first kappa shape index (κ1) is 11.9. The largest absolute Gasteiger partial charge is 0.379 e. The molecule has 4 nitrogen and oxygen atoms in total. The number of anilines is 1. The molecular weight excluding hydrogens is 214 g/mol. The number of ether oxygens (including phenoxy) is 1. The van der Waals surface area contributed by atoms with E-state index >= 15 is 0 Å². The summed E-state index contributed by atoms with van der Waals surface area (Å²) in [4.78, 5) is 4.05. The van der Waals surface area contributed by atoms with Crippen LogP contribution in [0.4, 0.5) is 5.69 Å². The number of pyridine rings is 1. The number of aromatic nitrogens is 1. The first-order valence-electron chi connectivity index (χ1n) is 5.99. The van der Waals surface area contributed by atoms with E-state index in [0.29, 0.717) is 11.7 Å². The molecule has 1 aliphatic rings. The van der Waals surface area contributed by atoms with Crippen molar-refractivity contribution in [3.05, 3.63) is 24.0 Å². The highest BCUT2D eigenvalue weighted by molar-refractivity contribution is 5.43. The van der Waals surface area contributed by atoms with Gasteiger partial charge in [-0.05, 0) is 25.0 Å². The van der Waals surface area contributed by atoms with Crippen LogP contribution in [0.2, 0.25) is 0 Å². The highest BCUT2D eigenvalue weighted by Crippen LogP contribution is 2.23. The molecule has 1 aromatic heterocycles. The summed E-state index contributed by atoms with van der Waals surface area (Å²) >= 11 is 0. The van der Waals surface area contributed by atoms with E-state index in [1.165, 1.54) is 12.8 Å². The zero-order chi connectivity index (χ0) is 12.1. The molecule has 0 spiro atoms. The Bertz CT molecular complexity index is 396. The van der Waals surface area contributed by atoms with Crippen molar-refractivity contribution in [3.8, 4) is 6.07 Å². The van der Waals surface area contributed by atoms with Crippen LogP contribution in [0.25, 0.3) is 0 Å². The lowest BCUT2D eigenvalue weighted by atomic mass is 9.92. The Morgan fingerprint density at radius 3 is 2.88 bits per heavy atom. The molecule has 2 rings (SSSR count). The molecule has 1 aliphatic carbocycles. The molecule has 0 amide bonds. The summed E-state index contributed by atoms with van der Waals surface area (Å²) in [5.74, 6) is 0. The van der Waals surface area contributed by atoms with Gasteiger partial charge in [0.15, 0.2) is 0 Å². The lowest BCUT2D eigenvalue weighted by molar-refractivity contribution is 0.0606. The fourth-order valence-corrected chi connectivity index (χ4v) is 2.30. The molecule has 2 atom stereocenters. The molecule has 1 fully saturated rings. The van der Waals surface area contributed by atoms with Crippen LogP contribution in [0.5, 0.6) is 0 Å². The average Bonchev–Trinajstić information content (AvgIpc) is 2.40. The normalized spacial score (nSPS) is 24.0. The molecule has 0 aliphatic heterocycles. The van der Waals surface area contributed by atoms with Gasteiger partial charge in [-0.3, -0.25) is 0 Å². The summed E-state index contributed by atoms with van der Waals surface area (Å²) in [7, 11) is 1.77. The fourth-order valence-electron chi connectivity index (χ4n) is 2.30. The van der Waals surface area contributed by atoms with Gasteiger partial charge in [0.25, 0.3) is 0 Å². The summed E-state index contributed by atoms with van der Waals surface area (Å²) in [6.07, 6.45) is 6.69. The smallest absolute Gasteiger partial charge is 0.140 e. The lowest BCUT2D eigenvalue weighted by Gasteiger charge is -2.31. The third-order valence-corrected chi connectivity index (χ3v) is 3.24. The second kappa shape index (κ2) is 5.65. The van der Waals surface area contributed by atoms with Crippen molar-refractivity contribution in [2.75, 3.05) is 12.4 Å². The molecule has 1 saturated carbocycles. The minimum absolute atomic E-state index is 0.277. The number of nitrogens with one attached hydrogen (secondary N) is 1. The molecule has 0 radical (unpaired) electrons. The van der Waals surface area contributed by atoms with Crippen LogP contribution in [-0.2, 0) is 4.74 Å². The van der Waals surface area contributed by atoms with Crippen LogP contribution in [-0.4, -0.2) is 24.2 Å². The van der Waals surface area contributed by atoms with Gasteiger partial charge in [0.1, 0.15) is 11.8 Å². The number of hydrogen-bond acceptors (Lipinski definition) is 4. The van der Waals surface area contributed by atoms with Crippen LogP contribution in [0.15, 0.2) is 18.3 Å². The highest BCUT2D eigenvalue weighted by atomic mass is 16.5. The van der Waals surface area contributed by atoms with Gasteiger partial charge < -0.3 is 10.1 Å². The van der Waals surface area contributed by atoms with Gasteiger partial charge in [0.2, 0.25) is 0 Å². The minimum atomic E-state index is 0.277. The Labute approximate surface area is 102 Å². The molecule has 90 valence electrons. The maximum Gasteiger partial charge on any atom is 0.140 e. The SMILES string of the molecule is CO[C@@H]1CCCC[C@@H]1Nc1ccc(C#N)nc1. The second-order valence-electron chi connectivity index (χ2n) is 4.35. The predicted molar refractivity (Wildman–Crippen MR) is 65.6 cm³/mol. The highest BCUT2D eigenvalue weighted by Gasteiger charge is 2.24. The lowest BCUT2D eigenvalue weighted by Crippen LogP contribution is -2.37. The molecular formula is C13H17N3O. The summed E-state index contributed by atoms with van der Waals surface area (Å²) in [6, 6.07) is 5.99. The van der Waals surface area contributed by atoms with Gasteiger partial charge >= 0.3 is 0 Å². The first-order valence-corrected chi connectivity index (χ1v) is 5.99. The van der Waals surface area contributed by atoms with E-state index in [-0.39, 0.29) is 6.10 Å². The summed E-state index contributed by atoms with van der Waals surface area (Å²) in [6.45, 7) is 0. The van der Waals surface area contributed by atoms with Crippen LogP contribution < -0.4 is 5.32 Å². The molecule has 0 unspecified atom stereocenters. The number of nitriles is 1. The van der Waals surface area contributed by atoms with Crippen molar-refractivity contribution in [3.63, 3.8) is 0 Å². The monoisotopic (exact) mass is 231 g/mol. The fraction of sp³-hybridized carbons (Fsp3) is 0.538. The number of methoxy groups -OCH3 is 1. The van der Waals surface area contributed by atoms with Crippen molar-refractivity contribution >= 4 is 5.69 Å². The van der Waals surface area contributed by atoms with Gasteiger partial charge in [0, 0.05) is 7.11 Å². The molecule has 0 bridgehead atoms. The molecule has 0 saturated heterocycles. The van der Waals surface area contributed by atoms with Crippen molar-refractivity contribution in [1.82, 2.24) is 4.98 Å². The van der Waals surface area contributed by atoms with E-state index in [0.717, 1.165) is 18.5 Å². The Hall–Kier alpha value is -1.60. The number of nitrogens with zero attached hydrogens (tertiary/aromatic N) is 2. The Kier molecular flexibility index (Phi) is 3.94. The molecule has 0 aromatic carbocycles. The van der Waals surface area contributed by atoms with E-state index in [4.69, 9.17) is 10.00 Å². The van der Waals surface area contributed by atoms with E-state index in [2.05, 4.69) is 10.3 Å². The maximum absolute atomic E-state index is 8.68. The third kappa shape index (κ3) is 2.95. The van der Waals surface area contributed by atoms with E-state index < -0.39 is 0 Å². The zero-order valence-electron chi connectivity index (χ0n) is 10.0. The molecule has 1 heterocycles. The van der Waals surface area contributed by atoms with Crippen molar-refractivity contribution in [2.24, 2.45) is 0 Å². The molecule has 4 heteroatoms. The van der Waals surface area contributed by atoms with Crippen molar-refractivity contribution in [1.29, 1.82) is 5.26 Å². The van der Waals surface area contributed by atoms with Gasteiger partial charge in [-0.1, -0.05) is 12.8 Å². The zero-order valence-corrected chi connectivity index (χ0v) is 10.0. The van der Waals surface area contributed by atoms with Crippen LogP contribution >= 0.6 is 0 Å². The van der Waals surface area contributed by atoms with Crippen LogP contribution in [0.3, 0.4) is 0 Å². The average molecular weight is 231 g/mol. The standard InChI is InChI=1S/C13H17N3O/c1-17-13-5-3-2-4-12(13)16-11-7-6-10(8-14)15-9-11/h6-7,9,12-13,16H,2-5H2,1H3/t12-,13+/m0/s1. The van der Waals surface area contributed by atoms with Gasteiger partial charge in [-0.2, -0.15) is 5.26 Å². The third-order valence-electron chi connectivity index (χ3n) is 3.24. The van der Waals surface area contributed by atoms with Gasteiger partial charge in [-0.15, -0.1) is 0 Å². The number of rotatable bonds is 3. The van der Waals surface area contributed by atoms with E-state index in [9.17, 15) is 0 Å². The quantitative estimate of drug-likeness (QED) is 0.867. The van der Waals surface area contributed by atoms with Crippen molar-refractivity contribution < 1.29 is 4.74 Å². The van der Waals surface area contributed by atoms with Gasteiger partial charge in [0.05, 0.1) is 24.0 Å². The van der Waals surface area contributed by atoms with E-state index in [1.807, 2.05) is 12.1 Å². The summed E-state index contributed by atoms with van der Waals surface area (Å²) in [5.41, 5.74) is 1.40. The summed E-state index contributed by atoms with van der Waals surface area (Å²) < 4.78 is 5.49. The maximum atomic E-state index is 8.68. The minimum Gasteiger partial charge on any atom is -0.379 e. The van der Waals surface area contributed by atoms with Crippen LogP contribution in [0, 0.1) is 11.3 Å². The molecule has 1 aromatic rings. The van der Waals surface area contributed by atoms with Gasteiger partial charge in [-0.25, -0.2) is 4.98 Å². The predicted octanol–water partition coefficient (Wildman–Crippen LogP) is 2.32. The number of hydrogen-bond donors (Lipinski definition) is 1. The molecule has 17 heavy (non-hydrogen) atoms.